The number of nitrogens with one attached hydrogen (secondary N) is 2. The number of likely N-dealkylation sites (N-methyl/N-ethyl adjacent to an activating group) is 1. The van der Waals surface area contributed by atoms with Crippen molar-refractivity contribution in [1.29, 1.82) is 0 Å². The van der Waals surface area contributed by atoms with Crippen LogP contribution >= 0.6 is 11.3 Å². The van der Waals surface area contributed by atoms with Crippen LogP contribution < -0.4 is 10.6 Å². The van der Waals surface area contributed by atoms with Gasteiger partial charge in [-0.25, -0.2) is 0 Å². The summed E-state index contributed by atoms with van der Waals surface area (Å²) in [7, 11) is 0. The minimum Gasteiger partial charge on any atom is -0.350 e. The highest BCUT2D eigenvalue weighted by Gasteiger charge is 2.17. The molecule has 3 amide bonds. The third-order valence-corrected chi connectivity index (χ3v) is 4.35. The van der Waals surface area contributed by atoms with E-state index in [0.29, 0.717) is 24.3 Å². The summed E-state index contributed by atoms with van der Waals surface area (Å²) in [5, 5.41) is 7.41. The molecule has 6 nitrogen and oxygen atoms in total. The highest BCUT2D eigenvalue weighted by Crippen LogP contribution is 2.13. The average Bonchev–Trinajstić information content (AvgIpc) is 3.10. The van der Waals surface area contributed by atoms with Crippen molar-refractivity contribution < 1.29 is 14.4 Å². The summed E-state index contributed by atoms with van der Waals surface area (Å²) < 4.78 is 0. The Bertz CT molecular complexity index is 744. The molecule has 0 aliphatic rings. The highest BCUT2D eigenvalue weighted by atomic mass is 32.1. The number of carbonyl (C=O) groups excluding carboxylic acids is 3. The molecule has 0 aliphatic carbocycles. The van der Waals surface area contributed by atoms with E-state index >= 15 is 0 Å². The Kier molecular flexibility index (Phi) is 6.71. The van der Waals surface area contributed by atoms with Gasteiger partial charge in [-0.1, -0.05) is 12.1 Å². The number of rotatable bonds is 7. The van der Waals surface area contributed by atoms with E-state index in [-0.39, 0.29) is 24.3 Å². The van der Waals surface area contributed by atoms with E-state index in [4.69, 9.17) is 0 Å². The second-order valence-electron chi connectivity index (χ2n) is 5.44. The van der Waals surface area contributed by atoms with E-state index in [9.17, 15) is 14.4 Å². The number of hydrogen-bond acceptors (Lipinski definition) is 4. The van der Waals surface area contributed by atoms with Gasteiger partial charge in [0.05, 0.1) is 13.1 Å². The molecular weight excluding hydrogens is 338 g/mol. The van der Waals surface area contributed by atoms with E-state index in [1.54, 1.807) is 35.6 Å². The Hall–Kier alpha value is -2.67. The molecule has 0 bridgehead atoms. The summed E-state index contributed by atoms with van der Waals surface area (Å²) >= 11 is 1.57. The number of carbonyl (C=O) groups is 3. The quantitative estimate of drug-likeness (QED) is 0.797. The number of benzene rings is 1. The van der Waals surface area contributed by atoms with Gasteiger partial charge in [0.2, 0.25) is 11.8 Å². The van der Waals surface area contributed by atoms with Crippen LogP contribution in [0.1, 0.15) is 29.1 Å². The van der Waals surface area contributed by atoms with Crippen molar-refractivity contribution in [2.45, 2.75) is 20.4 Å². The molecule has 1 aromatic carbocycles. The van der Waals surface area contributed by atoms with Gasteiger partial charge in [0, 0.05) is 29.6 Å². The van der Waals surface area contributed by atoms with E-state index in [1.807, 2.05) is 24.4 Å². The molecule has 0 saturated carbocycles. The SMILES string of the molecule is CCN(CC(=O)NCc1cccs1)C(=O)c1cccc(NC(C)=O)c1. The fourth-order valence-corrected chi connectivity index (χ4v) is 2.92. The fourth-order valence-electron chi connectivity index (χ4n) is 2.27. The first kappa shape index (κ1) is 18.7. The summed E-state index contributed by atoms with van der Waals surface area (Å²) in [6.07, 6.45) is 0. The van der Waals surface area contributed by atoms with Crippen LogP contribution in [0.15, 0.2) is 41.8 Å². The second-order valence-corrected chi connectivity index (χ2v) is 6.47. The predicted molar refractivity (Wildman–Crippen MR) is 98.5 cm³/mol. The molecule has 2 N–H and O–H groups in total. The second kappa shape index (κ2) is 8.98. The zero-order chi connectivity index (χ0) is 18.2. The van der Waals surface area contributed by atoms with Crippen LogP contribution in [-0.2, 0) is 16.1 Å². The van der Waals surface area contributed by atoms with Gasteiger partial charge in [-0.3, -0.25) is 14.4 Å². The lowest BCUT2D eigenvalue weighted by atomic mass is 10.1. The van der Waals surface area contributed by atoms with Gasteiger partial charge in [0.25, 0.3) is 5.91 Å². The lowest BCUT2D eigenvalue weighted by Gasteiger charge is -2.20. The molecule has 0 radical (unpaired) electrons. The van der Waals surface area contributed by atoms with Gasteiger partial charge in [-0.15, -0.1) is 11.3 Å². The first-order chi connectivity index (χ1) is 12.0. The van der Waals surface area contributed by atoms with E-state index < -0.39 is 0 Å². The summed E-state index contributed by atoms with van der Waals surface area (Å²) in [6, 6.07) is 10.6. The monoisotopic (exact) mass is 359 g/mol. The number of amides is 3. The highest BCUT2D eigenvalue weighted by molar-refractivity contribution is 7.09. The summed E-state index contributed by atoms with van der Waals surface area (Å²) in [4.78, 5) is 38.4. The molecule has 2 rings (SSSR count). The van der Waals surface area contributed by atoms with Crippen LogP contribution in [0.4, 0.5) is 5.69 Å². The molecule has 2 aromatic rings. The molecule has 132 valence electrons. The molecule has 0 unspecified atom stereocenters. The molecule has 0 saturated heterocycles. The van der Waals surface area contributed by atoms with Crippen LogP contribution in [0, 0.1) is 0 Å². The third kappa shape index (κ3) is 5.72. The molecule has 0 spiro atoms. The standard InChI is InChI=1S/C18H21N3O3S/c1-3-21(12-17(23)19-11-16-8-5-9-25-16)18(24)14-6-4-7-15(10-14)20-13(2)22/h4-10H,3,11-12H2,1-2H3,(H,19,23)(H,20,22). The Balaban J connectivity index is 1.97. The normalized spacial score (nSPS) is 10.2. The predicted octanol–water partition coefficient (Wildman–Crippen LogP) is 2.49. The first-order valence-electron chi connectivity index (χ1n) is 7.95. The van der Waals surface area contributed by atoms with Crippen LogP contribution in [-0.4, -0.2) is 35.7 Å². The van der Waals surface area contributed by atoms with Gasteiger partial charge >= 0.3 is 0 Å². The third-order valence-electron chi connectivity index (χ3n) is 3.47. The van der Waals surface area contributed by atoms with E-state index in [2.05, 4.69) is 10.6 Å². The maximum absolute atomic E-state index is 12.6. The Morgan fingerprint density at radius 2 is 1.96 bits per heavy atom. The van der Waals surface area contributed by atoms with Crippen molar-refractivity contribution in [3.63, 3.8) is 0 Å². The number of anilines is 1. The van der Waals surface area contributed by atoms with Gasteiger partial charge in [0.1, 0.15) is 0 Å². The minimum absolute atomic E-state index is 0.00886. The first-order valence-corrected chi connectivity index (χ1v) is 8.83. The number of nitrogens with zero attached hydrogens (tertiary/aromatic N) is 1. The lowest BCUT2D eigenvalue weighted by molar-refractivity contribution is -0.122. The molecule has 0 atom stereocenters. The summed E-state index contributed by atoms with van der Waals surface area (Å²) in [6.45, 7) is 4.09. The van der Waals surface area contributed by atoms with Gasteiger partial charge in [-0.05, 0) is 36.6 Å². The Labute approximate surface area is 150 Å². The number of hydrogen-bond donors (Lipinski definition) is 2. The maximum atomic E-state index is 12.6. The van der Waals surface area contributed by atoms with Crippen molar-refractivity contribution in [1.82, 2.24) is 10.2 Å². The van der Waals surface area contributed by atoms with Crippen molar-refractivity contribution in [2.75, 3.05) is 18.4 Å². The fraction of sp³-hybridized carbons (Fsp3) is 0.278. The zero-order valence-corrected chi connectivity index (χ0v) is 15.1. The topological polar surface area (TPSA) is 78.5 Å². The summed E-state index contributed by atoms with van der Waals surface area (Å²) in [5.74, 6) is -0.660. The Morgan fingerprint density at radius 3 is 2.60 bits per heavy atom. The van der Waals surface area contributed by atoms with Crippen LogP contribution in [0.3, 0.4) is 0 Å². The van der Waals surface area contributed by atoms with Gasteiger partial charge in [0.15, 0.2) is 0 Å². The Morgan fingerprint density at radius 1 is 1.16 bits per heavy atom. The molecular formula is C18H21N3O3S. The maximum Gasteiger partial charge on any atom is 0.254 e. The van der Waals surface area contributed by atoms with Crippen molar-refractivity contribution in [3.8, 4) is 0 Å². The number of thiophene rings is 1. The molecule has 1 aromatic heterocycles. The van der Waals surface area contributed by atoms with E-state index in [1.165, 1.54) is 11.8 Å². The zero-order valence-electron chi connectivity index (χ0n) is 14.2. The van der Waals surface area contributed by atoms with Crippen molar-refractivity contribution >= 4 is 34.7 Å². The summed E-state index contributed by atoms with van der Waals surface area (Å²) in [5.41, 5.74) is 0.982. The van der Waals surface area contributed by atoms with E-state index in [0.717, 1.165) is 4.88 Å². The molecule has 7 heteroatoms. The minimum atomic E-state index is -0.249. The van der Waals surface area contributed by atoms with Crippen molar-refractivity contribution in [2.24, 2.45) is 0 Å². The molecule has 0 fully saturated rings. The smallest absolute Gasteiger partial charge is 0.254 e. The van der Waals surface area contributed by atoms with Crippen LogP contribution in [0.25, 0.3) is 0 Å². The largest absolute Gasteiger partial charge is 0.350 e. The van der Waals surface area contributed by atoms with Crippen LogP contribution in [0.5, 0.6) is 0 Å². The van der Waals surface area contributed by atoms with Crippen molar-refractivity contribution in [3.05, 3.63) is 52.2 Å². The molecule has 0 aliphatic heterocycles. The van der Waals surface area contributed by atoms with Crippen LogP contribution in [0.2, 0.25) is 0 Å². The molecule has 1 heterocycles. The van der Waals surface area contributed by atoms with Gasteiger partial charge in [-0.2, -0.15) is 0 Å². The van der Waals surface area contributed by atoms with Gasteiger partial charge < -0.3 is 15.5 Å². The molecule has 25 heavy (non-hydrogen) atoms. The lowest BCUT2D eigenvalue weighted by Crippen LogP contribution is -2.40. The average molecular weight is 359 g/mol.